The van der Waals surface area contributed by atoms with Crippen LogP contribution in [0.3, 0.4) is 0 Å². The summed E-state index contributed by atoms with van der Waals surface area (Å²) in [5, 5.41) is 3.91. The molecule has 1 amide bonds. The zero-order valence-corrected chi connectivity index (χ0v) is 16.9. The van der Waals surface area contributed by atoms with E-state index in [4.69, 9.17) is 23.2 Å². The Bertz CT molecular complexity index is 1280. The average molecular weight is 445 g/mol. The van der Waals surface area contributed by atoms with Gasteiger partial charge in [-0.25, -0.2) is 14.2 Å². The second-order valence-electron chi connectivity index (χ2n) is 6.68. The van der Waals surface area contributed by atoms with Crippen LogP contribution in [0.1, 0.15) is 27.5 Å². The fourth-order valence-electron chi connectivity index (χ4n) is 3.22. The lowest BCUT2D eigenvalue weighted by atomic mass is 9.98. The van der Waals surface area contributed by atoms with Crippen LogP contribution in [0.25, 0.3) is 11.2 Å². The molecule has 0 spiro atoms. The van der Waals surface area contributed by atoms with Crippen LogP contribution in [0, 0.1) is 5.82 Å². The lowest BCUT2D eigenvalue weighted by Gasteiger charge is -2.20. The molecular formula is C21H15Cl2FN4O2. The van der Waals surface area contributed by atoms with Crippen molar-refractivity contribution in [3.05, 3.63) is 97.8 Å². The summed E-state index contributed by atoms with van der Waals surface area (Å²) >= 11 is 12.3. The number of nitrogens with zero attached hydrogens (tertiary/aromatic N) is 1. The van der Waals surface area contributed by atoms with Gasteiger partial charge in [-0.3, -0.25) is 9.78 Å². The Morgan fingerprint density at radius 3 is 2.60 bits per heavy atom. The zero-order valence-electron chi connectivity index (χ0n) is 15.4. The van der Waals surface area contributed by atoms with Crippen LogP contribution in [0.5, 0.6) is 0 Å². The van der Waals surface area contributed by atoms with Gasteiger partial charge < -0.3 is 10.3 Å². The molecule has 152 valence electrons. The molecule has 2 aromatic carbocycles. The first-order valence-electron chi connectivity index (χ1n) is 8.98. The molecule has 4 aromatic rings. The van der Waals surface area contributed by atoms with Crippen LogP contribution in [-0.4, -0.2) is 20.9 Å². The molecule has 3 N–H and O–H groups in total. The van der Waals surface area contributed by atoms with Crippen molar-refractivity contribution in [1.82, 2.24) is 20.3 Å². The minimum Gasteiger partial charge on any atom is -0.345 e. The van der Waals surface area contributed by atoms with Crippen LogP contribution in [0.4, 0.5) is 4.39 Å². The number of H-pyrrole nitrogens is 2. The number of pyridine rings is 1. The molecule has 0 aliphatic rings. The van der Waals surface area contributed by atoms with Crippen molar-refractivity contribution < 1.29 is 9.18 Å². The minimum atomic E-state index is -0.509. The van der Waals surface area contributed by atoms with Gasteiger partial charge >= 0.3 is 5.69 Å². The van der Waals surface area contributed by atoms with Crippen molar-refractivity contribution in [1.29, 1.82) is 0 Å². The Morgan fingerprint density at radius 1 is 1.10 bits per heavy atom. The number of benzene rings is 2. The largest absolute Gasteiger partial charge is 0.345 e. The second kappa shape index (κ2) is 8.30. The van der Waals surface area contributed by atoms with E-state index in [0.29, 0.717) is 27.5 Å². The Labute approximate surface area is 180 Å². The van der Waals surface area contributed by atoms with E-state index in [-0.39, 0.29) is 17.0 Å². The summed E-state index contributed by atoms with van der Waals surface area (Å²) in [6.07, 6.45) is 1.79. The van der Waals surface area contributed by atoms with Crippen molar-refractivity contribution in [2.75, 3.05) is 0 Å². The fraction of sp³-hybridized carbons (Fsp3) is 0.0952. The van der Waals surface area contributed by atoms with Gasteiger partial charge in [0.2, 0.25) is 0 Å². The van der Waals surface area contributed by atoms with Crippen molar-refractivity contribution in [2.45, 2.75) is 12.5 Å². The van der Waals surface area contributed by atoms with E-state index in [1.54, 1.807) is 30.3 Å². The predicted octanol–water partition coefficient (Wildman–Crippen LogP) is 4.41. The first-order chi connectivity index (χ1) is 14.4. The van der Waals surface area contributed by atoms with Crippen LogP contribution in [0.15, 0.2) is 59.5 Å². The second-order valence-corrected chi connectivity index (χ2v) is 7.52. The minimum absolute atomic E-state index is 0.257. The standard InChI is InChI=1S/C21H15Cl2FN4O2/c22-13-4-1-12(16(23)10-13)9-17(11-2-5-14(24)6-3-11)26-20(29)15-7-8-25-19-18(15)27-21(30)28-19/h1-8,10,17H,9H2,(H,26,29)(H2,25,27,28,30). The Morgan fingerprint density at radius 2 is 1.87 bits per heavy atom. The monoisotopic (exact) mass is 444 g/mol. The van der Waals surface area contributed by atoms with E-state index in [0.717, 1.165) is 5.56 Å². The van der Waals surface area contributed by atoms with Gasteiger partial charge in [0.25, 0.3) is 5.91 Å². The summed E-state index contributed by atoms with van der Waals surface area (Å²) in [6, 6.07) is 12.0. The summed E-state index contributed by atoms with van der Waals surface area (Å²) in [7, 11) is 0. The smallest absolute Gasteiger partial charge is 0.325 e. The topological polar surface area (TPSA) is 90.6 Å². The summed E-state index contributed by atoms with van der Waals surface area (Å²) in [6.45, 7) is 0. The molecule has 0 aliphatic heterocycles. The number of aromatic nitrogens is 3. The number of halogens is 3. The van der Waals surface area contributed by atoms with E-state index >= 15 is 0 Å². The SMILES string of the molecule is O=C(NC(Cc1ccc(Cl)cc1Cl)c1ccc(F)cc1)c1ccnc2[nH]c(=O)[nH]c12. The maximum Gasteiger partial charge on any atom is 0.325 e. The van der Waals surface area contributed by atoms with Gasteiger partial charge in [0.15, 0.2) is 5.65 Å². The molecule has 2 heterocycles. The highest BCUT2D eigenvalue weighted by Crippen LogP contribution is 2.27. The van der Waals surface area contributed by atoms with Gasteiger partial charge in [0.05, 0.1) is 17.1 Å². The first-order valence-corrected chi connectivity index (χ1v) is 9.73. The summed E-state index contributed by atoms with van der Waals surface area (Å²) in [4.78, 5) is 33.8. The summed E-state index contributed by atoms with van der Waals surface area (Å²) < 4.78 is 13.4. The third kappa shape index (κ3) is 4.22. The molecule has 2 aromatic heterocycles. The molecule has 4 rings (SSSR count). The molecular weight excluding hydrogens is 430 g/mol. The van der Waals surface area contributed by atoms with E-state index in [1.807, 2.05) is 0 Å². The highest BCUT2D eigenvalue weighted by Gasteiger charge is 2.20. The fourth-order valence-corrected chi connectivity index (χ4v) is 3.70. The van der Waals surface area contributed by atoms with E-state index in [9.17, 15) is 14.0 Å². The number of carbonyl (C=O) groups is 1. The zero-order chi connectivity index (χ0) is 21.3. The molecule has 1 atom stereocenters. The number of imidazole rings is 1. The van der Waals surface area contributed by atoms with Crippen molar-refractivity contribution in [2.24, 2.45) is 0 Å². The molecule has 0 saturated carbocycles. The first kappa shape index (κ1) is 20.1. The van der Waals surface area contributed by atoms with Gasteiger partial charge in [0, 0.05) is 16.2 Å². The normalized spacial score (nSPS) is 12.1. The number of fused-ring (bicyclic) bond motifs is 1. The lowest BCUT2D eigenvalue weighted by molar-refractivity contribution is 0.0938. The van der Waals surface area contributed by atoms with Crippen LogP contribution in [-0.2, 0) is 6.42 Å². The predicted molar refractivity (Wildman–Crippen MR) is 113 cm³/mol. The molecule has 0 aliphatic carbocycles. The molecule has 0 fully saturated rings. The van der Waals surface area contributed by atoms with Gasteiger partial charge in [-0.15, -0.1) is 0 Å². The molecule has 1 unspecified atom stereocenters. The lowest BCUT2D eigenvalue weighted by Crippen LogP contribution is -2.30. The highest BCUT2D eigenvalue weighted by atomic mass is 35.5. The maximum atomic E-state index is 13.4. The van der Waals surface area contributed by atoms with Crippen molar-refractivity contribution in [3.8, 4) is 0 Å². The third-order valence-electron chi connectivity index (χ3n) is 4.68. The Balaban J connectivity index is 1.69. The van der Waals surface area contributed by atoms with Gasteiger partial charge in [-0.1, -0.05) is 41.4 Å². The Kier molecular flexibility index (Phi) is 5.57. The average Bonchev–Trinajstić information content (AvgIpc) is 3.10. The van der Waals surface area contributed by atoms with Crippen molar-refractivity contribution >= 4 is 40.3 Å². The number of aromatic amines is 2. The van der Waals surface area contributed by atoms with Crippen LogP contribution in [0.2, 0.25) is 10.0 Å². The van der Waals surface area contributed by atoms with E-state index in [2.05, 4.69) is 20.3 Å². The number of hydrogen-bond donors (Lipinski definition) is 3. The van der Waals surface area contributed by atoms with Crippen LogP contribution >= 0.6 is 23.2 Å². The summed E-state index contributed by atoms with van der Waals surface area (Å²) in [5.74, 6) is -0.800. The molecule has 0 bridgehead atoms. The molecule has 0 radical (unpaired) electrons. The van der Waals surface area contributed by atoms with E-state index in [1.165, 1.54) is 24.4 Å². The number of amides is 1. The number of carbonyl (C=O) groups excluding carboxylic acids is 1. The summed E-state index contributed by atoms with van der Waals surface area (Å²) in [5.41, 5.74) is 1.86. The number of rotatable bonds is 5. The molecule has 30 heavy (non-hydrogen) atoms. The number of hydrogen-bond acceptors (Lipinski definition) is 3. The van der Waals surface area contributed by atoms with Gasteiger partial charge in [0.1, 0.15) is 5.82 Å². The maximum absolute atomic E-state index is 13.4. The molecule has 0 saturated heterocycles. The third-order valence-corrected chi connectivity index (χ3v) is 5.27. The van der Waals surface area contributed by atoms with Crippen molar-refractivity contribution in [3.63, 3.8) is 0 Å². The highest BCUT2D eigenvalue weighted by molar-refractivity contribution is 6.35. The van der Waals surface area contributed by atoms with E-state index < -0.39 is 17.6 Å². The number of nitrogens with one attached hydrogen (secondary N) is 3. The molecule has 9 heteroatoms. The molecule has 6 nitrogen and oxygen atoms in total. The van der Waals surface area contributed by atoms with Gasteiger partial charge in [-0.2, -0.15) is 0 Å². The Hall–Kier alpha value is -3.16. The quantitative estimate of drug-likeness (QED) is 0.425. The van der Waals surface area contributed by atoms with Crippen LogP contribution < -0.4 is 11.0 Å². The van der Waals surface area contributed by atoms with Gasteiger partial charge in [-0.05, 0) is 47.9 Å².